The summed E-state index contributed by atoms with van der Waals surface area (Å²) in [7, 11) is -2.18. The molecule has 210 valence electrons. The van der Waals surface area contributed by atoms with E-state index in [9.17, 15) is 18.0 Å². The van der Waals surface area contributed by atoms with Crippen LogP contribution in [0.25, 0.3) is 0 Å². The van der Waals surface area contributed by atoms with Gasteiger partial charge in [0.1, 0.15) is 11.8 Å². The standard InChI is InChI=1S/C27H37Cl2N3O5S/c1-6-23(27(34)30-17-19(2)3)31(18-20-21(28)11-9-12-22(20)29)26(33)15-10-16-32(38(5,35)36)24-13-7-8-14-25(24)37-4/h7-9,11-14,19,23H,6,10,15-18H2,1-5H3,(H,30,34). The Morgan fingerprint density at radius 1 is 1.05 bits per heavy atom. The molecule has 1 atom stereocenters. The molecule has 2 aromatic rings. The maximum Gasteiger partial charge on any atom is 0.242 e. The number of carbonyl (C=O) groups excluding carboxylic acids is 2. The molecule has 0 radical (unpaired) electrons. The smallest absolute Gasteiger partial charge is 0.242 e. The van der Waals surface area contributed by atoms with Gasteiger partial charge in [-0.25, -0.2) is 8.42 Å². The van der Waals surface area contributed by atoms with Crippen LogP contribution in [0.2, 0.25) is 10.0 Å². The van der Waals surface area contributed by atoms with Gasteiger partial charge in [-0.1, -0.05) is 62.2 Å². The molecule has 1 N–H and O–H groups in total. The number of carbonyl (C=O) groups is 2. The first kappa shape index (κ1) is 31.7. The van der Waals surface area contributed by atoms with Crippen LogP contribution >= 0.6 is 23.2 Å². The van der Waals surface area contributed by atoms with E-state index in [1.165, 1.54) is 16.3 Å². The monoisotopic (exact) mass is 585 g/mol. The lowest BCUT2D eigenvalue weighted by Crippen LogP contribution is -2.49. The second-order valence-electron chi connectivity index (χ2n) is 9.40. The van der Waals surface area contributed by atoms with E-state index in [-0.39, 0.29) is 43.7 Å². The van der Waals surface area contributed by atoms with Crippen LogP contribution in [0.1, 0.15) is 45.6 Å². The fourth-order valence-corrected chi connectivity index (χ4v) is 5.50. The van der Waals surface area contributed by atoms with E-state index in [1.807, 2.05) is 20.8 Å². The number of rotatable bonds is 14. The van der Waals surface area contributed by atoms with Gasteiger partial charge in [-0.15, -0.1) is 0 Å². The van der Waals surface area contributed by atoms with Crippen molar-refractivity contribution in [1.29, 1.82) is 0 Å². The molecule has 2 aromatic carbocycles. The van der Waals surface area contributed by atoms with Crippen molar-refractivity contribution in [3.05, 3.63) is 58.1 Å². The summed E-state index contributed by atoms with van der Waals surface area (Å²) in [5.41, 5.74) is 0.940. The van der Waals surface area contributed by atoms with Crippen LogP contribution in [-0.2, 0) is 26.2 Å². The summed E-state index contributed by atoms with van der Waals surface area (Å²) >= 11 is 12.8. The summed E-state index contributed by atoms with van der Waals surface area (Å²) in [6, 6.07) is 11.1. The predicted molar refractivity (Wildman–Crippen MR) is 153 cm³/mol. The molecule has 0 bridgehead atoms. The molecule has 11 heteroatoms. The molecule has 2 rings (SSSR count). The second-order valence-corrected chi connectivity index (χ2v) is 12.1. The molecule has 1 unspecified atom stereocenters. The van der Waals surface area contributed by atoms with Crippen molar-refractivity contribution in [2.24, 2.45) is 5.92 Å². The number of benzene rings is 2. The summed E-state index contributed by atoms with van der Waals surface area (Å²) in [6.07, 6.45) is 1.73. The summed E-state index contributed by atoms with van der Waals surface area (Å²) in [5, 5.41) is 3.70. The van der Waals surface area contributed by atoms with E-state index >= 15 is 0 Å². The number of methoxy groups -OCH3 is 1. The zero-order valence-electron chi connectivity index (χ0n) is 22.5. The number of sulfonamides is 1. The minimum atomic E-state index is -3.65. The molecule has 0 heterocycles. The van der Waals surface area contributed by atoms with Gasteiger partial charge in [-0.05, 0) is 43.0 Å². The zero-order valence-corrected chi connectivity index (χ0v) is 24.9. The molecule has 0 saturated carbocycles. The highest BCUT2D eigenvalue weighted by molar-refractivity contribution is 7.92. The normalized spacial score (nSPS) is 12.2. The number of para-hydroxylation sites is 2. The number of nitrogens with one attached hydrogen (secondary N) is 1. The maximum atomic E-state index is 13.6. The Bertz CT molecular complexity index is 1190. The molecular weight excluding hydrogens is 549 g/mol. The molecule has 0 spiro atoms. The van der Waals surface area contributed by atoms with Gasteiger partial charge in [0.05, 0.1) is 19.1 Å². The van der Waals surface area contributed by atoms with Crippen molar-refractivity contribution >= 4 is 50.7 Å². The Balaban J connectivity index is 2.29. The number of amides is 2. The van der Waals surface area contributed by atoms with E-state index in [0.717, 1.165) is 6.26 Å². The fourth-order valence-electron chi connectivity index (χ4n) is 4.01. The van der Waals surface area contributed by atoms with Crippen molar-refractivity contribution in [2.75, 3.05) is 30.8 Å². The third-order valence-electron chi connectivity index (χ3n) is 5.97. The molecule has 0 aliphatic carbocycles. The van der Waals surface area contributed by atoms with Crippen LogP contribution in [0.4, 0.5) is 5.69 Å². The zero-order chi connectivity index (χ0) is 28.5. The molecule has 0 aliphatic rings. The number of hydrogen-bond donors (Lipinski definition) is 1. The van der Waals surface area contributed by atoms with Gasteiger partial charge in [0, 0.05) is 41.7 Å². The number of hydrogen-bond acceptors (Lipinski definition) is 5. The van der Waals surface area contributed by atoms with Gasteiger partial charge in [-0.3, -0.25) is 13.9 Å². The molecule has 2 amide bonds. The highest BCUT2D eigenvalue weighted by Gasteiger charge is 2.30. The highest BCUT2D eigenvalue weighted by atomic mass is 35.5. The Hall–Kier alpha value is -2.49. The minimum absolute atomic E-state index is 0.0111. The molecule has 0 fully saturated rings. The van der Waals surface area contributed by atoms with Gasteiger partial charge < -0.3 is 15.0 Å². The van der Waals surface area contributed by atoms with Gasteiger partial charge in [0.25, 0.3) is 0 Å². The van der Waals surface area contributed by atoms with Crippen LogP contribution in [0.15, 0.2) is 42.5 Å². The van der Waals surface area contributed by atoms with Crippen LogP contribution in [0, 0.1) is 5.92 Å². The lowest BCUT2D eigenvalue weighted by atomic mass is 10.1. The second kappa shape index (κ2) is 14.6. The summed E-state index contributed by atoms with van der Waals surface area (Å²) in [6.45, 7) is 6.40. The summed E-state index contributed by atoms with van der Waals surface area (Å²) < 4.78 is 31.7. The molecule has 0 aliphatic heterocycles. The van der Waals surface area contributed by atoms with Crippen LogP contribution in [0.5, 0.6) is 5.75 Å². The van der Waals surface area contributed by atoms with E-state index in [1.54, 1.807) is 42.5 Å². The third kappa shape index (κ3) is 8.78. The highest BCUT2D eigenvalue weighted by Crippen LogP contribution is 2.30. The number of halogens is 2. The minimum Gasteiger partial charge on any atom is -0.495 e. The predicted octanol–water partition coefficient (Wildman–Crippen LogP) is 5.13. The first-order valence-electron chi connectivity index (χ1n) is 12.5. The summed E-state index contributed by atoms with van der Waals surface area (Å²) in [5.74, 6) is 0.0909. The third-order valence-corrected chi connectivity index (χ3v) is 7.85. The van der Waals surface area contributed by atoms with Gasteiger partial charge in [0.2, 0.25) is 21.8 Å². The van der Waals surface area contributed by atoms with E-state index in [2.05, 4.69) is 5.32 Å². The first-order valence-corrected chi connectivity index (χ1v) is 15.1. The van der Waals surface area contributed by atoms with Crippen molar-refractivity contribution in [3.63, 3.8) is 0 Å². The van der Waals surface area contributed by atoms with E-state index < -0.39 is 16.1 Å². The maximum absolute atomic E-state index is 13.6. The SMILES string of the molecule is CCC(C(=O)NCC(C)C)N(Cc1c(Cl)cccc1Cl)C(=O)CCCN(c1ccccc1OC)S(C)(=O)=O. The Labute approximate surface area is 236 Å². The van der Waals surface area contributed by atoms with Gasteiger partial charge in [0.15, 0.2) is 0 Å². The fraction of sp³-hybridized carbons (Fsp3) is 0.481. The van der Waals surface area contributed by atoms with Crippen molar-refractivity contribution in [3.8, 4) is 5.75 Å². The van der Waals surface area contributed by atoms with E-state index in [0.29, 0.717) is 40.0 Å². The average molecular weight is 587 g/mol. The molecule has 8 nitrogen and oxygen atoms in total. The molecule has 0 aromatic heterocycles. The van der Waals surface area contributed by atoms with Crippen molar-refractivity contribution < 1.29 is 22.7 Å². The summed E-state index contributed by atoms with van der Waals surface area (Å²) in [4.78, 5) is 28.1. The number of nitrogens with zero attached hydrogens (tertiary/aromatic N) is 2. The quantitative estimate of drug-likeness (QED) is 0.331. The molecular formula is C27H37Cl2N3O5S. The van der Waals surface area contributed by atoms with Crippen molar-refractivity contribution in [1.82, 2.24) is 10.2 Å². The van der Waals surface area contributed by atoms with Gasteiger partial charge in [-0.2, -0.15) is 0 Å². The Kier molecular flexibility index (Phi) is 12.2. The lowest BCUT2D eigenvalue weighted by molar-refractivity contribution is -0.141. The molecule has 38 heavy (non-hydrogen) atoms. The average Bonchev–Trinajstić information content (AvgIpc) is 2.86. The van der Waals surface area contributed by atoms with Gasteiger partial charge >= 0.3 is 0 Å². The van der Waals surface area contributed by atoms with Crippen LogP contribution < -0.4 is 14.4 Å². The number of anilines is 1. The van der Waals surface area contributed by atoms with Crippen LogP contribution in [-0.4, -0.2) is 57.6 Å². The van der Waals surface area contributed by atoms with Crippen molar-refractivity contribution in [2.45, 2.75) is 52.6 Å². The molecule has 0 saturated heterocycles. The lowest BCUT2D eigenvalue weighted by Gasteiger charge is -2.32. The largest absolute Gasteiger partial charge is 0.495 e. The number of ether oxygens (including phenoxy) is 1. The Morgan fingerprint density at radius 2 is 1.68 bits per heavy atom. The van der Waals surface area contributed by atoms with E-state index in [4.69, 9.17) is 27.9 Å². The first-order chi connectivity index (χ1) is 17.9. The Morgan fingerprint density at radius 3 is 2.24 bits per heavy atom. The topological polar surface area (TPSA) is 96.0 Å². The van der Waals surface area contributed by atoms with Crippen LogP contribution in [0.3, 0.4) is 0 Å².